The predicted octanol–water partition coefficient (Wildman–Crippen LogP) is 9.43. The molecule has 0 radical (unpaired) electrons. The van der Waals surface area contributed by atoms with Gasteiger partial charge in [0.15, 0.2) is 0 Å². The number of ether oxygens (including phenoxy) is 1. The predicted molar refractivity (Wildman–Crippen MR) is 135 cm³/mol. The van der Waals surface area contributed by atoms with E-state index in [2.05, 4.69) is 37.0 Å². The maximum atomic E-state index is 6.48. The lowest BCUT2D eigenvalue weighted by Crippen LogP contribution is -1.98. The van der Waals surface area contributed by atoms with Crippen molar-refractivity contribution in [2.75, 3.05) is 6.61 Å². The Balaban J connectivity index is 1.71. The highest BCUT2D eigenvalue weighted by atomic mass is 35.5. The second-order valence-corrected chi connectivity index (χ2v) is 9.09. The van der Waals surface area contributed by atoms with Gasteiger partial charge in [0.25, 0.3) is 0 Å². The lowest BCUT2D eigenvalue weighted by atomic mass is 10.1. The number of hydrogen-bond acceptors (Lipinski definition) is 2. The van der Waals surface area contributed by atoms with Crippen LogP contribution in [0.25, 0.3) is 11.3 Å². The summed E-state index contributed by atoms with van der Waals surface area (Å²) in [5.74, 6) is 0.775. The summed E-state index contributed by atoms with van der Waals surface area (Å²) in [6.45, 7) is 5.25. The smallest absolute Gasteiger partial charge is 0.137 e. The van der Waals surface area contributed by atoms with Crippen LogP contribution < -0.4 is 4.74 Å². The van der Waals surface area contributed by atoms with Crippen LogP contribution in [0, 0.1) is 0 Å². The second-order valence-electron chi connectivity index (χ2n) is 8.68. The van der Waals surface area contributed by atoms with Gasteiger partial charge in [0.1, 0.15) is 5.75 Å². The molecule has 172 valence electrons. The van der Waals surface area contributed by atoms with Gasteiger partial charge in [-0.1, -0.05) is 102 Å². The molecule has 1 aromatic heterocycles. The highest BCUT2D eigenvalue weighted by molar-refractivity contribution is 6.32. The number of nitrogens with zero attached hydrogens (tertiary/aromatic N) is 1. The maximum Gasteiger partial charge on any atom is 0.137 e. The summed E-state index contributed by atoms with van der Waals surface area (Å²) in [6, 6.07) is 10.3. The van der Waals surface area contributed by atoms with Crippen LogP contribution in [0.5, 0.6) is 5.75 Å². The lowest BCUT2D eigenvalue weighted by Gasteiger charge is -2.10. The van der Waals surface area contributed by atoms with Gasteiger partial charge in [-0.15, -0.1) is 0 Å². The summed E-state index contributed by atoms with van der Waals surface area (Å²) in [5, 5.41) is 0.666. The molecule has 0 spiro atoms. The molecule has 2 rings (SSSR count). The van der Waals surface area contributed by atoms with Crippen molar-refractivity contribution in [3.8, 4) is 17.0 Å². The summed E-state index contributed by atoms with van der Waals surface area (Å²) in [5.41, 5.74) is 3.32. The first-order valence-electron chi connectivity index (χ1n) is 12.6. The zero-order chi connectivity index (χ0) is 22.2. The fraction of sp³-hybridized carbons (Fsp3) is 0.607. The van der Waals surface area contributed by atoms with E-state index in [1.165, 1.54) is 82.6 Å². The van der Waals surface area contributed by atoms with E-state index in [9.17, 15) is 0 Å². The average Bonchev–Trinajstić information content (AvgIpc) is 2.79. The highest BCUT2D eigenvalue weighted by Crippen LogP contribution is 2.30. The minimum Gasteiger partial charge on any atom is -0.492 e. The zero-order valence-electron chi connectivity index (χ0n) is 19.8. The van der Waals surface area contributed by atoms with Crippen molar-refractivity contribution < 1.29 is 4.74 Å². The van der Waals surface area contributed by atoms with Crippen molar-refractivity contribution >= 4 is 11.6 Å². The molecule has 1 heterocycles. The first kappa shape index (κ1) is 25.7. The van der Waals surface area contributed by atoms with Crippen molar-refractivity contribution in [2.24, 2.45) is 0 Å². The Morgan fingerprint density at radius 1 is 0.742 bits per heavy atom. The summed E-state index contributed by atoms with van der Waals surface area (Å²) in [4.78, 5) is 4.66. The van der Waals surface area contributed by atoms with Gasteiger partial charge in [-0.25, -0.2) is 0 Å². The molecule has 3 heteroatoms. The van der Waals surface area contributed by atoms with Gasteiger partial charge in [0.2, 0.25) is 0 Å². The Hall–Kier alpha value is -1.54. The molecule has 1 aromatic carbocycles. The topological polar surface area (TPSA) is 22.1 Å². The number of unbranched alkanes of at least 4 members (excludes halogenated alkanes) is 11. The normalized spacial score (nSPS) is 11.1. The van der Waals surface area contributed by atoms with Crippen molar-refractivity contribution in [2.45, 2.75) is 104 Å². The van der Waals surface area contributed by atoms with Crippen LogP contribution in [0.4, 0.5) is 0 Å². The molecule has 2 nitrogen and oxygen atoms in total. The highest BCUT2D eigenvalue weighted by Gasteiger charge is 2.06. The fourth-order valence-corrected chi connectivity index (χ4v) is 4.11. The number of aryl methyl sites for hydroxylation is 1. The molecule has 0 aliphatic heterocycles. The van der Waals surface area contributed by atoms with Crippen molar-refractivity contribution in [3.05, 3.63) is 47.1 Å². The molecule has 0 saturated carbocycles. The minimum absolute atomic E-state index is 0.666. The van der Waals surface area contributed by atoms with Crippen LogP contribution in [0.15, 0.2) is 36.5 Å². The van der Waals surface area contributed by atoms with Crippen molar-refractivity contribution in [1.82, 2.24) is 4.98 Å². The molecule has 0 N–H and O–H groups in total. The number of aromatic nitrogens is 1. The Bertz CT molecular complexity index is 713. The monoisotopic (exact) mass is 443 g/mol. The van der Waals surface area contributed by atoms with Crippen LogP contribution in [-0.2, 0) is 6.42 Å². The molecule has 2 aromatic rings. The third kappa shape index (κ3) is 10.5. The summed E-state index contributed by atoms with van der Waals surface area (Å²) in [6.07, 6.45) is 20.1. The first-order valence-corrected chi connectivity index (χ1v) is 13.0. The molecule has 0 fully saturated rings. The van der Waals surface area contributed by atoms with E-state index in [0.717, 1.165) is 36.5 Å². The first-order chi connectivity index (χ1) is 15.2. The van der Waals surface area contributed by atoms with Gasteiger partial charge in [0.05, 0.1) is 17.3 Å². The molecule has 31 heavy (non-hydrogen) atoms. The molecule has 0 saturated heterocycles. The molecule has 0 bridgehead atoms. The molecule has 0 unspecified atom stereocenters. The van der Waals surface area contributed by atoms with Gasteiger partial charge >= 0.3 is 0 Å². The van der Waals surface area contributed by atoms with Gasteiger partial charge < -0.3 is 4.74 Å². The largest absolute Gasteiger partial charge is 0.492 e. The molecular formula is C28H42ClNO. The van der Waals surface area contributed by atoms with E-state index in [0.29, 0.717) is 5.02 Å². The van der Waals surface area contributed by atoms with E-state index in [4.69, 9.17) is 16.3 Å². The third-order valence-corrected chi connectivity index (χ3v) is 6.17. The summed E-state index contributed by atoms with van der Waals surface area (Å²) < 4.78 is 5.91. The van der Waals surface area contributed by atoms with Crippen LogP contribution in [0.3, 0.4) is 0 Å². The second kappa shape index (κ2) is 16.1. The van der Waals surface area contributed by atoms with Crippen LogP contribution in [-0.4, -0.2) is 11.6 Å². The van der Waals surface area contributed by atoms with Gasteiger partial charge in [-0.05, 0) is 49.1 Å². The van der Waals surface area contributed by atoms with E-state index in [1.54, 1.807) is 0 Å². The van der Waals surface area contributed by atoms with Gasteiger partial charge in [-0.2, -0.15) is 0 Å². The lowest BCUT2D eigenvalue weighted by molar-refractivity contribution is 0.304. The molecule has 0 aliphatic rings. The number of halogens is 1. The molecule has 0 atom stereocenters. The average molecular weight is 444 g/mol. The maximum absolute atomic E-state index is 6.48. The molecule has 0 aliphatic carbocycles. The van der Waals surface area contributed by atoms with E-state index >= 15 is 0 Å². The summed E-state index contributed by atoms with van der Waals surface area (Å²) >= 11 is 6.48. The Morgan fingerprint density at radius 2 is 1.39 bits per heavy atom. The number of pyridine rings is 1. The Labute approximate surface area is 195 Å². The Morgan fingerprint density at radius 3 is 2.00 bits per heavy atom. The van der Waals surface area contributed by atoms with E-state index < -0.39 is 0 Å². The van der Waals surface area contributed by atoms with Gasteiger partial charge in [-0.3, -0.25) is 4.98 Å². The van der Waals surface area contributed by atoms with Crippen molar-refractivity contribution in [3.63, 3.8) is 0 Å². The third-order valence-electron chi connectivity index (χ3n) is 5.88. The van der Waals surface area contributed by atoms with Gasteiger partial charge in [0, 0.05) is 11.8 Å². The Kier molecular flexibility index (Phi) is 13.4. The van der Waals surface area contributed by atoms with Crippen LogP contribution in [0.2, 0.25) is 5.02 Å². The van der Waals surface area contributed by atoms with Crippen molar-refractivity contribution in [1.29, 1.82) is 0 Å². The molecular weight excluding hydrogens is 402 g/mol. The summed E-state index contributed by atoms with van der Waals surface area (Å²) in [7, 11) is 0. The molecule has 0 amide bonds. The van der Waals surface area contributed by atoms with E-state index in [-0.39, 0.29) is 0 Å². The number of rotatable bonds is 17. The van der Waals surface area contributed by atoms with Crippen LogP contribution in [0.1, 0.15) is 103 Å². The number of hydrogen-bond donors (Lipinski definition) is 0. The SMILES string of the molecule is CCCCCCCCCCOc1ccc(-c2ccc(CCCCCCC)cn2)cc1Cl. The standard InChI is InChI=1S/C28H42ClNO/c1-3-5-7-9-10-11-13-15-21-31-28-20-18-25(22-26(28)29)27-19-17-24(23-30-27)16-14-12-8-6-4-2/h17-20,22-23H,3-16,21H2,1-2H3. The number of benzene rings is 1. The fourth-order valence-electron chi connectivity index (χ4n) is 3.87. The zero-order valence-corrected chi connectivity index (χ0v) is 20.6. The van der Waals surface area contributed by atoms with E-state index in [1.807, 2.05) is 18.3 Å². The van der Waals surface area contributed by atoms with Crippen LogP contribution >= 0.6 is 11.6 Å². The quantitative estimate of drug-likeness (QED) is 0.227. The minimum atomic E-state index is 0.666.